The molecule has 0 radical (unpaired) electrons. The Balaban J connectivity index is 0.0000106. The van der Waals surface area contributed by atoms with E-state index in [1.165, 1.54) is 87.8 Å². The Bertz CT molecular complexity index is 1180. The number of aryl methyl sites for hydroxylation is 1. The fourth-order valence-corrected chi connectivity index (χ4v) is 6.70. The van der Waals surface area contributed by atoms with Crippen LogP contribution in [0, 0.1) is 6.92 Å². The zero-order chi connectivity index (χ0) is 32.9. The van der Waals surface area contributed by atoms with E-state index in [9.17, 15) is 19.0 Å². The van der Waals surface area contributed by atoms with Gasteiger partial charge in [0, 0.05) is 42.5 Å². The molecule has 15 heteroatoms. The molecule has 46 heavy (non-hydrogen) atoms. The summed E-state index contributed by atoms with van der Waals surface area (Å²) in [4.78, 5) is 41.8. The molecule has 5 atom stereocenters. The first-order chi connectivity index (χ1) is 21.7. The Morgan fingerprint density at radius 1 is 1.07 bits per heavy atom. The van der Waals surface area contributed by atoms with Crippen LogP contribution < -0.4 is 45.7 Å². The molecule has 0 aliphatic carbocycles. The number of aromatic nitrogens is 2. The number of aromatic amines is 1. The monoisotopic (exact) mass is 679 g/mol. The molecule has 0 spiro atoms. The maximum Gasteiger partial charge on any atom is 1.00 e. The third-order valence-corrected chi connectivity index (χ3v) is 9.47. The van der Waals surface area contributed by atoms with Gasteiger partial charge in [-0.3, -0.25) is 14.3 Å². The molecule has 1 N–H and O–H groups in total. The van der Waals surface area contributed by atoms with Gasteiger partial charge in [0.25, 0.3) is 5.56 Å². The summed E-state index contributed by atoms with van der Waals surface area (Å²) in [6.07, 6.45) is 16.5. The van der Waals surface area contributed by atoms with E-state index >= 15 is 0 Å². The zero-order valence-electron chi connectivity index (χ0n) is 28.5. The van der Waals surface area contributed by atoms with Crippen molar-refractivity contribution in [3.8, 4) is 0 Å². The standard InChI is InChI=1S/C31H56N5O8P.Na/c1-4-6-7-8-9-10-11-12-13-14-15-16-17-18-19-41-22-26(42-5-2)24-45(39,40)43-23-28-27(34-35-32)20-29(44-28)36-21-25(3)30(37)33-31(36)38;/h21,26-29H,4-20,22-24H2,1-3H3,(H,39,40)(H,33,37,38);/q;+1/p-1/t26?,27?,28-,29-;/m1./s1. The summed E-state index contributed by atoms with van der Waals surface area (Å²) in [5.41, 5.74) is 8.09. The predicted molar refractivity (Wildman–Crippen MR) is 172 cm³/mol. The second-order valence-corrected chi connectivity index (χ2v) is 13.8. The largest absolute Gasteiger partial charge is 1.00 e. The van der Waals surface area contributed by atoms with Gasteiger partial charge >= 0.3 is 35.2 Å². The maximum atomic E-state index is 12.8. The smallest absolute Gasteiger partial charge is 0.778 e. The Morgan fingerprint density at radius 2 is 1.65 bits per heavy atom. The van der Waals surface area contributed by atoms with Gasteiger partial charge in [-0.25, -0.2) is 4.79 Å². The molecule has 1 fully saturated rings. The van der Waals surface area contributed by atoms with Crippen LogP contribution in [-0.4, -0.2) is 60.4 Å². The van der Waals surface area contributed by atoms with Crippen molar-refractivity contribution in [1.29, 1.82) is 0 Å². The van der Waals surface area contributed by atoms with Crippen molar-refractivity contribution in [2.45, 2.75) is 142 Å². The van der Waals surface area contributed by atoms with Crippen LogP contribution in [0.3, 0.4) is 0 Å². The fraction of sp³-hybridized carbons (Fsp3) is 0.871. The van der Waals surface area contributed by atoms with Gasteiger partial charge in [0.2, 0.25) is 0 Å². The van der Waals surface area contributed by atoms with Crippen LogP contribution in [0.4, 0.5) is 0 Å². The average molecular weight is 680 g/mol. The first kappa shape index (κ1) is 43.0. The van der Waals surface area contributed by atoms with Crippen molar-refractivity contribution in [1.82, 2.24) is 9.55 Å². The number of hydrogen-bond donors (Lipinski definition) is 1. The SMILES string of the molecule is CCCCCCCCCCCCCCCCOCC(CP(=O)([O-])OC[C@H]1O[C@@H](n2cc(C)c(=O)[nH]c2=O)CC1N=[N+]=[N-])OCC.[Na+]. The van der Waals surface area contributed by atoms with E-state index in [-0.39, 0.29) is 48.7 Å². The number of hydrogen-bond acceptors (Lipinski definition) is 9. The number of nitrogens with one attached hydrogen (secondary N) is 1. The van der Waals surface area contributed by atoms with E-state index in [4.69, 9.17) is 24.3 Å². The molecule has 2 rings (SSSR count). The summed E-state index contributed by atoms with van der Waals surface area (Å²) in [7, 11) is -4.37. The molecular weight excluding hydrogens is 624 g/mol. The van der Waals surface area contributed by atoms with Gasteiger partial charge in [0.05, 0.1) is 31.5 Å². The minimum Gasteiger partial charge on any atom is -0.778 e. The predicted octanol–water partition coefficient (Wildman–Crippen LogP) is 3.29. The molecule has 1 aromatic heterocycles. The van der Waals surface area contributed by atoms with Crippen LogP contribution in [0.25, 0.3) is 10.4 Å². The van der Waals surface area contributed by atoms with E-state index in [0.29, 0.717) is 18.8 Å². The van der Waals surface area contributed by atoms with Crippen LogP contribution in [0.1, 0.15) is 122 Å². The van der Waals surface area contributed by atoms with Crippen molar-refractivity contribution in [3.63, 3.8) is 0 Å². The number of ether oxygens (including phenoxy) is 3. The van der Waals surface area contributed by atoms with E-state index < -0.39 is 49.9 Å². The quantitative estimate of drug-likeness (QED) is 0.0387. The topological polar surface area (TPSA) is 181 Å². The van der Waals surface area contributed by atoms with Crippen molar-refractivity contribution in [2.24, 2.45) is 5.11 Å². The normalized spacial score (nSPS) is 19.7. The number of nitrogens with zero attached hydrogens (tertiary/aromatic N) is 4. The van der Waals surface area contributed by atoms with Gasteiger partial charge in [-0.2, -0.15) is 0 Å². The summed E-state index contributed by atoms with van der Waals surface area (Å²) in [6.45, 7) is 6.20. The molecule has 0 bridgehead atoms. The van der Waals surface area contributed by atoms with E-state index in [0.717, 1.165) is 12.8 Å². The molecule has 1 aliphatic rings. The molecule has 1 aliphatic heterocycles. The van der Waals surface area contributed by atoms with Gasteiger partial charge in [0.1, 0.15) is 13.8 Å². The Kier molecular flexibility index (Phi) is 23.4. The first-order valence-corrected chi connectivity index (χ1v) is 18.6. The molecule has 0 aromatic carbocycles. The zero-order valence-corrected chi connectivity index (χ0v) is 31.4. The number of rotatable bonds is 26. The van der Waals surface area contributed by atoms with Crippen molar-refractivity contribution >= 4 is 7.60 Å². The summed E-state index contributed by atoms with van der Waals surface area (Å²) in [5, 5.41) is 3.70. The summed E-state index contributed by atoms with van der Waals surface area (Å²) in [5.74, 6) is 0. The van der Waals surface area contributed by atoms with E-state index in [1.54, 1.807) is 13.8 Å². The van der Waals surface area contributed by atoms with Crippen molar-refractivity contribution in [3.05, 3.63) is 43.0 Å². The number of H-pyrrole nitrogens is 1. The Hall–Kier alpha value is -0.980. The summed E-state index contributed by atoms with van der Waals surface area (Å²) in [6, 6.07) is -0.768. The Morgan fingerprint density at radius 3 is 2.22 bits per heavy atom. The van der Waals surface area contributed by atoms with Gasteiger partial charge in [-0.15, -0.1) is 0 Å². The molecule has 0 amide bonds. The third kappa shape index (κ3) is 17.4. The van der Waals surface area contributed by atoms with Crippen LogP contribution in [0.2, 0.25) is 0 Å². The van der Waals surface area contributed by atoms with Gasteiger partial charge in [-0.1, -0.05) is 95.5 Å². The Labute approximate surface area is 296 Å². The molecular formula is C31H55N5NaO8P. The first-order valence-electron chi connectivity index (χ1n) is 16.9. The van der Waals surface area contributed by atoms with E-state index in [1.807, 2.05) is 0 Å². The van der Waals surface area contributed by atoms with Crippen molar-refractivity contribution in [2.75, 3.05) is 32.6 Å². The van der Waals surface area contributed by atoms with Crippen LogP contribution in [0.5, 0.6) is 0 Å². The average Bonchev–Trinajstić information content (AvgIpc) is 3.40. The second kappa shape index (κ2) is 25.1. The van der Waals surface area contributed by atoms with E-state index in [2.05, 4.69) is 21.9 Å². The minimum atomic E-state index is -4.37. The van der Waals surface area contributed by atoms with Crippen LogP contribution in [-0.2, 0) is 23.3 Å². The number of azide groups is 1. The minimum absolute atomic E-state index is 0. The molecule has 0 saturated carbocycles. The molecule has 258 valence electrons. The second-order valence-electron chi connectivity index (χ2n) is 12.0. The van der Waals surface area contributed by atoms with Crippen LogP contribution >= 0.6 is 7.60 Å². The molecule has 1 aromatic rings. The molecule has 2 heterocycles. The van der Waals surface area contributed by atoms with Gasteiger partial charge < -0.3 is 28.2 Å². The molecule has 1 saturated heterocycles. The van der Waals surface area contributed by atoms with Gasteiger partial charge in [-0.05, 0) is 25.8 Å². The van der Waals surface area contributed by atoms with Gasteiger partial charge in [0.15, 0.2) is 0 Å². The third-order valence-electron chi connectivity index (χ3n) is 8.07. The summed E-state index contributed by atoms with van der Waals surface area (Å²) >= 11 is 0. The summed E-state index contributed by atoms with van der Waals surface area (Å²) < 4.78 is 36.4. The molecule has 3 unspecified atom stereocenters. The fourth-order valence-electron chi connectivity index (χ4n) is 5.52. The number of unbranched alkanes of at least 4 members (excludes halogenated alkanes) is 13. The molecule has 13 nitrogen and oxygen atoms in total. The van der Waals surface area contributed by atoms with Crippen LogP contribution in [0.15, 0.2) is 20.9 Å². The maximum absolute atomic E-state index is 12.8. The van der Waals surface area contributed by atoms with Crippen molar-refractivity contribution < 1.29 is 57.8 Å².